The van der Waals surface area contributed by atoms with Gasteiger partial charge in [-0.1, -0.05) is 44.7 Å². The van der Waals surface area contributed by atoms with Crippen LogP contribution in [-0.2, 0) is 28.7 Å². The summed E-state index contributed by atoms with van der Waals surface area (Å²) >= 11 is 0. The van der Waals surface area contributed by atoms with Crippen LogP contribution in [0.2, 0.25) is 0 Å². The molecule has 6 rings (SSSR count). The third kappa shape index (κ3) is 5.59. The predicted octanol–water partition coefficient (Wildman–Crippen LogP) is 1.99. The molecule has 1 aliphatic heterocycles. The molecule has 3 N–H and O–H groups in total. The summed E-state index contributed by atoms with van der Waals surface area (Å²) in [7, 11) is 3.09. The first-order chi connectivity index (χ1) is 22.9. The zero-order chi connectivity index (χ0) is 34.5. The predicted molar refractivity (Wildman–Crippen MR) is 172 cm³/mol. The molecule has 8 atom stereocenters. The van der Waals surface area contributed by atoms with Crippen LogP contribution in [0.3, 0.4) is 0 Å². The molecule has 4 fully saturated rings. The van der Waals surface area contributed by atoms with Crippen LogP contribution in [-0.4, -0.2) is 107 Å². The number of ether oxygens (including phenoxy) is 1. The van der Waals surface area contributed by atoms with E-state index in [9.17, 15) is 39.0 Å². The number of hydrogen-bond acceptors (Lipinski definition) is 11. The molecule has 1 heterocycles. The minimum atomic E-state index is -2.99. The number of amides is 1. The fraction of sp³-hybridized carbons (Fsp3) is 0.667. The van der Waals surface area contributed by atoms with E-state index in [-0.39, 0.29) is 24.4 Å². The van der Waals surface area contributed by atoms with Crippen molar-refractivity contribution in [2.24, 2.45) is 29.6 Å². The smallest absolute Gasteiger partial charge is 0.305 e. The van der Waals surface area contributed by atoms with Gasteiger partial charge < -0.3 is 20.3 Å². The van der Waals surface area contributed by atoms with E-state index >= 15 is 0 Å². The number of nitrogens with zero attached hydrogens (tertiary/aromatic N) is 2. The number of ketones is 4. The fourth-order valence-electron chi connectivity index (χ4n) is 9.39. The van der Waals surface area contributed by atoms with Crippen LogP contribution in [0.5, 0.6) is 5.75 Å². The van der Waals surface area contributed by atoms with Crippen molar-refractivity contribution in [3.63, 3.8) is 0 Å². The summed E-state index contributed by atoms with van der Waals surface area (Å²) < 4.78 is 6.07. The highest BCUT2D eigenvalue weighted by Gasteiger charge is 2.74. The highest BCUT2D eigenvalue weighted by molar-refractivity contribution is 6.32. The number of Topliss-reactive ketones (excluding diaryl/α,β-unsaturated/α-hetero) is 4. The lowest BCUT2D eigenvalue weighted by Gasteiger charge is -2.57. The van der Waals surface area contributed by atoms with Crippen LogP contribution in [0.4, 0.5) is 0 Å². The number of likely N-dealkylation sites (N-methyl/N-ethyl adjacent to an activating group) is 1. The Morgan fingerprint density at radius 1 is 1.02 bits per heavy atom. The van der Waals surface area contributed by atoms with E-state index in [1.54, 1.807) is 33.2 Å². The molecule has 260 valence electrons. The van der Waals surface area contributed by atoms with Gasteiger partial charge in [-0.15, -0.1) is 0 Å². The molecule has 1 amide bonds. The first-order valence-electron chi connectivity index (χ1n) is 17.5. The Morgan fingerprint density at radius 2 is 1.71 bits per heavy atom. The monoisotopic (exact) mass is 665 g/mol. The lowest BCUT2D eigenvalue weighted by Crippen LogP contribution is -2.78. The minimum absolute atomic E-state index is 0.0467. The van der Waals surface area contributed by atoms with Crippen molar-refractivity contribution in [1.29, 1.82) is 0 Å². The van der Waals surface area contributed by atoms with E-state index in [0.29, 0.717) is 17.9 Å². The van der Waals surface area contributed by atoms with Crippen molar-refractivity contribution in [2.75, 3.05) is 33.9 Å². The number of aromatic hydroxyl groups is 1. The van der Waals surface area contributed by atoms with E-state index in [0.717, 1.165) is 58.0 Å². The second-order valence-electron chi connectivity index (χ2n) is 14.6. The Bertz CT molecular complexity index is 1500. The van der Waals surface area contributed by atoms with Crippen LogP contribution in [0.15, 0.2) is 18.2 Å². The van der Waals surface area contributed by atoms with E-state index in [2.05, 4.69) is 5.32 Å². The normalized spacial score (nSPS) is 33.8. The van der Waals surface area contributed by atoms with Gasteiger partial charge in [-0.25, -0.2) is 0 Å². The van der Waals surface area contributed by atoms with Crippen molar-refractivity contribution < 1.29 is 43.7 Å². The van der Waals surface area contributed by atoms with Gasteiger partial charge in [0.25, 0.3) is 0 Å². The van der Waals surface area contributed by atoms with Crippen molar-refractivity contribution >= 4 is 35.0 Å². The first kappa shape index (κ1) is 34.4. The molecule has 48 heavy (non-hydrogen) atoms. The highest BCUT2D eigenvalue weighted by Crippen LogP contribution is 2.57. The number of phenols is 1. The van der Waals surface area contributed by atoms with Gasteiger partial charge in [0.1, 0.15) is 11.9 Å². The number of carbonyl (C=O) groups is 6. The molecule has 0 spiro atoms. The number of fused-ring (bicyclic) bond motifs is 3. The number of benzene rings is 1. The Balaban J connectivity index is 1.48. The summed E-state index contributed by atoms with van der Waals surface area (Å²) in [6.07, 6.45) is 6.03. The van der Waals surface area contributed by atoms with Gasteiger partial charge >= 0.3 is 5.97 Å². The largest absolute Gasteiger partial charge is 0.507 e. The summed E-state index contributed by atoms with van der Waals surface area (Å²) in [5, 5.41) is 26.1. The number of carbonyl (C=O) groups excluding carboxylic acids is 6. The molecule has 12 heteroatoms. The molecule has 1 aromatic rings. The Hall–Kier alpha value is -3.48. The third-order valence-electron chi connectivity index (χ3n) is 11.7. The van der Waals surface area contributed by atoms with Gasteiger partial charge in [-0.05, 0) is 76.3 Å². The van der Waals surface area contributed by atoms with Crippen LogP contribution < -0.4 is 5.32 Å². The topological polar surface area (TPSA) is 171 Å². The average molecular weight is 666 g/mol. The molecule has 4 aliphatic carbocycles. The number of hydrogen-bond donors (Lipinski definition) is 3. The zero-order valence-corrected chi connectivity index (χ0v) is 28.0. The Morgan fingerprint density at radius 3 is 2.35 bits per heavy atom. The summed E-state index contributed by atoms with van der Waals surface area (Å²) in [5.74, 6) is -12.3. The summed E-state index contributed by atoms with van der Waals surface area (Å²) in [4.78, 5) is 87.9. The number of phenolic OH excluding ortho intramolecular Hbond substituents is 1. The number of aliphatic hydroxyl groups is 1. The maximum atomic E-state index is 14.8. The SMILES string of the molecule is CCC(=O)O[C@@H]1[C@@H]2C(C(=O)c3c(O)cccc3[C@H]2CCC2CCCC2)C(=O)[C@@]2(O)C(=O)C(C(=O)NCN3CCCC3)C(=O)[C@H](N(C)C)[C@@H]12. The Kier molecular flexibility index (Phi) is 9.63. The van der Waals surface area contributed by atoms with Gasteiger partial charge in [0, 0.05) is 12.3 Å². The first-order valence-corrected chi connectivity index (χ1v) is 17.5. The molecule has 1 aromatic carbocycles. The van der Waals surface area contributed by atoms with E-state index in [4.69, 9.17) is 4.74 Å². The molecule has 0 bridgehead atoms. The molecule has 3 saturated carbocycles. The number of esters is 1. The molecule has 2 unspecified atom stereocenters. The van der Waals surface area contributed by atoms with Gasteiger partial charge in [-0.2, -0.15) is 0 Å². The van der Waals surface area contributed by atoms with Gasteiger partial charge in [0.15, 0.2) is 34.7 Å². The van der Waals surface area contributed by atoms with E-state index in [1.165, 1.54) is 11.0 Å². The molecule has 12 nitrogen and oxygen atoms in total. The summed E-state index contributed by atoms with van der Waals surface area (Å²) in [6.45, 7) is 3.16. The number of rotatable bonds is 9. The van der Waals surface area contributed by atoms with E-state index in [1.807, 2.05) is 4.90 Å². The second-order valence-corrected chi connectivity index (χ2v) is 14.6. The van der Waals surface area contributed by atoms with Crippen molar-refractivity contribution in [3.05, 3.63) is 29.3 Å². The molecular weight excluding hydrogens is 618 g/mol. The minimum Gasteiger partial charge on any atom is -0.507 e. The maximum Gasteiger partial charge on any atom is 0.305 e. The summed E-state index contributed by atoms with van der Waals surface area (Å²) in [6, 6.07) is 3.34. The lowest BCUT2D eigenvalue weighted by molar-refractivity contribution is -0.206. The van der Waals surface area contributed by atoms with Crippen LogP contribution in [0.1, 0.15) is 86.6 Å². The van der Waals surface area contributed by atoms with Crippen LogP contribution in [0, 0.1) is 29.6 Å². The maximum absolute atomic E-state index is 14.8. The van der Waals surface area contributed by atoms with Crippen molar-refractivity contribution in [2.45, 2.75) is 88.4 Å². The average Bonchev–Trinajstić information content (AvgIpc) is 3.78. The van der Waals surface area contributed by atoms with Crippen molar-refractivity contribution in [3.8, 4) is 5.75 Å². The standard InChI is InChI=1S/C36H47N3O9/c1-4-23(41)48-32-25-21(15-14-19-10-5-6-11-19)20-12-9-13-22(40)24(20)30(42)26(25)33(44)36(47)28(32)29(38(2)3)31(43)27(34(36)45)35(46)37-18-39-16-7-8-17-39/h9,12-13,19,21,25-29,32,40,47H,4-8,10-11,14-18H2,1-3H3,(H,37,46)/t21-,25+,26?,27?,28+,29-,32-,36-/m1/s1. The molecule has 5 aliphatic rings. The Labute approximate surface area is 280 Å². The molecule has 0 radical (unpaired) electrons. The lowest BCUT2D eigenvalue weighted by atomic mass is 9.48. The van der Waals surface area contributed by atoms with Crippen LogP contribution in [0.25, 0.3) is 0 Å². The molecule has 1 saturated heterocycles. The van der Waals surface area contributed by atoms with Gasteiger partial charge in [0.05, 0.1) is 30.1 Å². The third-order valence-corrected chi connectivity index (χ3v) is 11.7. The second kappa shape index (κ2) is 13.4. The van der Waals surface area contributed by atoms with Crippen LogP contribution >= 0.6 is 0 Å². The van der Waals surface area contributed by atoms with Gasteiger partial charge in [-0.3, -0.25) is 38.6 Å². The number of nitrogens with one attached hydrogen (secondary N) is 1. The highest BCUT2D eigenvalue weighted by atomic mass is 16.5. The molecular formula is C36H47N3O9. The summed E-state index contributed by atoms with van der Waals surface area (Å²) in [5.41, 5.74) is -2.52. The van der Waals surface area contributed by atoms with Gasteiger partial charge in [0.2, 0.25) is 5.91 Å². The van der Waals surface area contributed by atoms with Crippen molar-refractivity contribution in [1.82, 2.24) is 15.1 Å². The number of likely N-dealkylation sites (tertiary alicyclic amines) is 1. The van der Waals surface area contributed by atoms with E-state index < -0.39 is 82.3 Å². The zero-order valence-electron chi connectivity index (χ0n) is 28.0. The quantitative estimate of drug-likeness (QED) is 0.260. The fourth-order valence-corrected chi connectivity index (χ4v) is 9.39. The molecule has 0 aromatic heterocycles.